The van der Waals surface area contributed by atoms with Crippen LogP contribution in [0.3, 0.4) is 0 Å². The molecule has 1 aliphatic rings. The Morgan fingerprint density at radius 1 is 1.11 bits per heavy atom. The molecule has 0 saturated carbocycles. The average Bonchev–Trinajstić information content (AvgIpc) is 2.70. The molecule has 0 unspecified atom stereocenters. The Hall–Kier alpha value is -2.37. The Kier molecular flexibility index (Phi) is 6.48. The Labute approximate surface area is 161 Å². The van der Waals surface area contributed by atoms with Gasteiger partial charge in [-0.1, -0.05) is 30.3 Å². The van der Waals surface area contributed by atoms with E-state index in [0.717, 1.165) is 44.2 Å². The summed E-state index contributed by atoms with van der Waals surface area (Å²) in [6.07, 6.45) is 0. The topological polar surface area (TPSA) is 47.2 Å². The summed E-state index contributed by atoms with van der Waals surface area (Å²) in [5.74, 6) is 0.821. The van der Waals surface area contributed by atoms with Crippen LogP contribution >= 0.6 is 0 Å². The van der Waals surface area contributed by atoms with E-state index in [0.29, 0.717) is 0 Å². The van der Waals surface area contributed by atoms with Crippen molar-refractivity contribution in [3.8, 4) is 5.75 Å². The van der Waals surface area contributed by atoms with Gasteiger partial charge in [-0.25, -0.2) is 0 Å². The molecule has 2 aromatic rings. The normalized spacial score (nSPS) is 20.7. The highest BCUT2D eigenvalue weighted by molar-refractivity contribution is 5.93. The lowest BCUT2D eigenvalue weighted by Gasteiger charge is -2.32. The van der Waals surface area contributed by atoms with Crippen molar-refractivity contribution in [1.29, 1.82) is 0 Å². The SMILES string of the molecule is COc1cccc(NC(=O)[C@H](C)[NH+]2CC[NH+](Cc3ccccc3C)CC2)c1. The van der Waals surface area contributed by atoms with Gasteiger partial charge < -0.3 is 19.9 Å². The van der Waals surface area contributed by atoms with E-state index in [2.05, 4.69) is 36.5 Å². The van der Waals surface area contributed by atoms with Gasteiger partial charge in [-0.2, -0.15) is 0 Å². The van der Waals surface area contributed by atoms with Gasteiger partial charge in [0.2, 0.25) is 0 Å². The average molecular weight is 370 g/mol. The van der Waals surface area contributed by atoms with E-state index in [1.54, 1.807) is 12.0 Å². The fourth-order valence-corrected chi connectivity index (χ4v) is 3.75. The van der Waals surface area contributed by atoms with Crippen molar-refractivity contribution in [2.75, 3.05) is 38.6 Å². The largest absolute Gasteiger partial charge is 0.497 e. The fourth-order valence-electron chi connectivity index (χ4n) is 3.75. The number of nitrogens with one attached hydrogen (secondary N) is 3. The van der Waals surface area contributed by atoms with Gasteiger partial charge in [-0.05, 0) is 31.5 Å². The van der Waals surface area contributed by atoms with Gasteiger partial charge in [0, 0.05) is 17.3 Å². The van der Waals surface area contributed by atoms with Gasteiger partial charge in [0.25, 0.3) is 5.91 Å². The molecule has 1 fully saturated rings. The number of hydrogen-bond acceptors (Lipinski definition) is 2. The number of anilines is 1. The van der Waals surface area contributed by atoms with E-state index in [9.17, 15) is 4.79 Å². The standard InChI is InChI=1S/C22H29N3O2/c1-17-7-4-5-8-19(17)16-24-11-13-25(14-12-24)18(2)22(26)23-20-9-6-10-21(15-20)27-3/h4-10,15,18H,11-14,16H2,1-3H3,(H,23,26)/p+2/t18-/m0/s1. The Morgan fingerprint density at radius 2 is 1.85 bits per heavy atom. The minimum atomic E-state index is -0.0591. The molecule has 1 aliphatic heterocycles. The summed E-state index contributed by atoms with van der Waals surface area (Å²) in [5.41, 5.74) is 3.58. The van der Waals surface area contributed by atoms with E-state index in [1.807, 2.05) is 31.2 Å². The number of carbonyl (C=O) groups excluding carboxylic acids is 1. The number of hydrogen-bond donors (Lipinski definition) is 3. The minimum absolute atomic E-state index is 0.0591. The quantitative estimate of drug-likeness (QED) is 0.687. The predicted octanol–water partition coefficient (Wildman–Crippen LogP) is 0.314. The highest BCUT2D eigenvalue weighted by Gasteiger charge is 2.31. The van der Waals surface area contributed by atoms with Crippen molar-refractivity contribution in [3.63, 3.8) is 0 Å². The molecule has 27 heavy (non-hydrogen) atoms. The number of carbonyl (C=O) groups is 1. The van der Waals surface area contributed by atoms with Gasteiger partial charge in [-0.15, -0.1) is 0 Å². The monoisotopic (exact) mass is 369 g/mol. The Morgan fingerprint density at radius 3 is 2.56 bits per heavy atom. The van der Waals surface area contributed by atoms with Crippen molar-refractivity contribution in [2.45, 2.75) is 26.4 Å². The third kappa shape index (κ3) is 5.08. The first kappa shape index (κ1) is 19.4. The molecule has 5 nitrogen and oxygen atoms in total. The third-order valence-corrected chi connectivity index (χ3v) is 5.64. The number of rotatable bonds is 6. The zero-order valence-electron chi connectivity index (χ0n) is 16.5. The van der Waals surface area contributed by atoms with Crippen molar-refractivity contribution in [1.82, 2.24) is 0 Å². The highest BCUT2D eigenvalue weighted by atomic mass is 16.5. The maximum atomic E-state index is 12.6. The van der Waals surface area contributed by atoms with Crippen LogP contribution in [0, 0.1) is 6.92 Å². The van der Waals surface area contributed by atoms with E-state index in [4.69, 9.17) is 4.74 Å². The van der Waals surface area contributed by atoms with Crippen molar-refractivity contribution in [2.24, 2.45) is 0 Å². The maximum Gasteiger partial charge on any atom is 0.282 e. The summed E-state index contributed by atoms with van der Waals surface area (Å²) in [6.45, 7) is 9.52. The molecule has 0 spiro atoms. The van der Waals surface area contributed by atoms with Crippen LogP contribution in [0.1, 0.15) is 18.1 Å². The second-order valence-electron chi connectivity index (χ2n) is 7.45. The van der Waals surface area contributed by atoms with Crippen LogP contribution in [-0.4, -0.2) is 45.2 Å². The molecule has 1 saturated heterocycles. The summed E-state index contributed by atoms with van der Waals surface area (Å²) in [5, 5.41) is 3.03. The van der Waals surface area contributed by atoms with Crippen LogP contribution in [0.4, 0.5) is 5.69 Å². The summed E-state index contributed by atoms with van der Waals surface area (Å²) in [6, 6.07) is 16.1. The molecule has 3 N–H and O–H groups in total. The van der Waals surface area contributed by atoms with Crippen LogP contribution < -0.4 is 19.9 Å². The van der Waals surface area contributed by atoms with Crippen molar-refractivity contribution in [3.05, 3.63) is 59.7 Å². The second-order valence-corrected chi connectivity index (χ2v) is 7.45. The first-order chi connectivity index (χ1) is 13.1. The number of aryl methyl sites for hydroxylation is 1. The molecule has 0 radical (unpaired) electrons. The molecule has 1 atom stereocenters. The summed E-state index contributed by atoms with van der Waals surface area (Å²) >= 11 is 0. The molecule has 2 aromatic carbocycles. The van der Waals surface area contributed by atoms with Crippen LogP contribution in [-0.2, 0) is 11.3 Å². The van der Waals surface area contributed by atoms with E-state index in [-0.39, 0.29) is 11.9 Å². The zero-order chi connectivity index (χ0) is 19.2. The highest BCUT2D eigenvalue weighted by Crippen LogP contribution is 2.16. The summed E-state index contributed by atoms with van der Waals surface area (Å²) in [7, 11) is 1.63. The number of ether oxygens (including phenoxy) is 1. The summed E-state index contributed by atoms with van der Waals surface area (Å²) < 4.78 is 5.22. The van der Waals surface area contributed by atoms with Crippen LogP contribution in [0.25, 0.3) is 0 Å². The van der Waals surface area contributed by atoms with Crippen LogP contribution in [0.2, 0.25) is 0 Å². The predicted molar refractivity (Wildman–Crippen MR) is 107 cm³/mol. The fraction of sp³-hybridized carbons (Fsp3) is 0.409. The Balaban J connectivity index is 1.51. The van der Waals surface area contributed by atoms with Crippen molar-refractivity contribution < 1.29 is 19.3 Å². The van der Waals surface area contributed by atoms with Gasteiger partial charge in [0.05, 0.1) is 7.11 Å². The molecular formula is C22H31N3O2+2. The lowest BCUT2D eigenvalue weighted by molar-refractivity contribution is -1.02. The lowest BCUT2D eigenvalue weighted by Crippen LogP contribution is -3.29. The molecule has 144 valence electrons. The van der Waals surface area contributed by atoms with E-state index < -0.39 is 0 Å². The van der Waals surface area contributed by atoms with Crippen LogP contribution in [0.5, 0.6) is 5.75 Å². The summed E-state index contributed by atoms with van der Waals surface area (Å²) in [4.78, 5) is 15.6. The number of methoxy groups -OCH3 is 1. The number of piperazine rings is 1. The molecule has 5 heteroatoms. The first-order valence-electron chi connectivity index (χ1n) is 9.74. The van der Waals surface area contributed by atoms with Gasteiger partial charge in [0.1, 0.15) is 38.5 Å². The van der Waals surface area contributed by atoms with Gasteiger partial charge >= 0.3 is 0 Å². The third-order valence-electron chi connectivity index (χ3n) is 5.64. The van der Waals surface area contributed by atoms with Crippen molar-refractivity contribution >= 4 is 11.6 Å². The van der Waals surface area contributed by atoms with Crippen LogP contribution in [0.15, 0.2) is 48.5 Å². The second kappa shape index (κ2) is 9.02. The maximum absolute atomic E-state index is 12.6. The smallest absolute Gasteiger partial charge is 0.282 e. The Bertz CT molecular complexity index is 770. The molecule has 1 amide bonds. The van der Waals surface area contributed by atoms with Gasteiger partial charge in [-0.3, -0.25) is 4.79 Å². The first-order valence-corrected chi connectivity index (χ1v) is 9.74. The minimum Gasteiger partial charge on any atom is -0.497 e. The molecule has 3 rings (SSSR count). The molecule has 0 aliphatic carbocycles. The number of amides is 1. The molecular weight excluding hydrogens is 338 g/mol. The lowest BCUT2D eigenvalue weighted by atomic mass is 10.1. The number of benzene rings is 2. The zero-order valence-corrected chi connectivity index (χ0v) is 16.5. The molecule has 0 bridgehead atoms. The van der Waals surface area contributed by atoms with E-state index in [1.165, 1.54) is 16.0 Å². The number of quaternary nitrogens is 2. The van der Waals surface area contributed by atoms with Gasteiger partial charge in [0.15, 0.2) is 6.04 Å². The molecule has 1 heterocycles. The van der Waals surface area contributed by atoms with E-state index >= 15 is 0 Å². The molecule has 0 aromatic heterocycles.